The number of esters is 2. The fourth-order valence-corrected chi connectivity index (χ4v) is 2.21. The summed E-state index contributed by atoms with van der Waals surface area (Å²) in [4.78, 5) is 23.0. The predicted molar refractivity (Wildman–Crippen MR) is 79.8 cm³/mol. The van der Waals surface area contributed by atoms with E-state index in [2.05, 4.69) is 9.84 Å². The van der Waals surface area contributed by atoms with Gasteiger partial charge in [0.25, 0.3) is 0 Å². The molecule has 1 aromatic carbocycles. The van der Waals surface area contributed by atoms with Gasteiger partial charge in [0, 0.05) is 0 Å². The van der Waals surface area contributed by atoms with Crippen LogP contribution in [0.3, 0.4) is 0 Å². The number of methoxy groups -OCH3 is 1. The first-order valence-electron chi connectivity index (χ1n) is 6.53. The van der Waals surface area contributed by atoms with Crippen LogP contribution in [0.5, 0.6) is 0 Å². The quantitative estimate of drug-likeness (QED) is 0.789. The Morgan fingerprint density at radius 3 is 2.59 bits per heavy atom. The monoisotopic (exact) mass is 322 g/mol. The van der Waals surface area contributed by atoms with Gasteiger partial charge in [-0.2, -0.15) is 5.10 Å². The van der Waals surface area contributed by atoms with Crippen molar-refractivity contribution in [3.63, 3.8) is 0 Å². The summed E-state index contributed by atoms with van der Waals surface area (Å²) < 4.78 is 10.8. The van der Waals surface area contributed by atoms with Crippen molar-refractivity contribution in [3.8, 4) is 0 Å². The van der Waals surface area contributed by atoms with Gasteiger partial charge in [-0.3, -0.25) is 0 Å². The summed E-state index contributed by atoms with van der Waals surface area (Å²) in [6.45, 7) is 1.63. The number of aromatic nitrogens is 2. The highest BCUT2D eigenvalue weighted by Crippen LogP contribution is 2.21. The van der Waals surface area contributed by atoms with Crippen molar-refractivity contribution in [2.75, 3.05) is 13.7 Å². The highest BCUT2D eigenvalue weighted by atomic mass is 35.5. The Kier molecular flexibility index (Phi) is 5.16. The molecule has 2 rings (SSSR count). The van der Waals surface area contributed by atoms with E-state index < -0.39 is 18.5 Å². The van der Waals surface area contributed by atoms with Gasteiger partial charge in [0.05, 0.1) is 19.3 Å². The minimum absolute atomic E-state index is 0.154. The number of nitrogens with zero attached hydrogens (tertiary/aromatic N) is 2. The summed E-state index contributed by atoms with van der Waals surface area (Å²) in [5.41, 5.74) is 1.60. The molecule has 2 aromatic rings. The van der Waals surface area contributed by atoms with Crippen molar-refractivity contribution in [3.05, 3.63) is 52.3 Å². The van der Waals surface area contributed by atoms with E-state index in [4.69, 9.17) is 16.3 Å². The van der Waals surface area contributed by atoms with Crippen molar-refractivity contribution < 1.29 is 19.1 Å². The zero-order chi connectivity index (χ0) is 16.1. The van der Waals surface area contributed by atoms with Gasteiger partial charge in [0.2, 0.25) is 0 Å². The third kappa shape index (κ3) is 3.65. The van der Waals surface area contributed by atoms with Gasteiger partial charge in [0.15, 0.2) is 6.61 Å². The van der Waals surface area contributed by atoms with Crippen molar-refractivity contribution in [2.45, 2.75) is 13.5 Å². The van der Waals surface area contributed by atoms with Crippen LogP contribution in [0.25, 0.3) is 0 Å². The van der Waals surface area contributed by atoms with Crippen molar-refractivity contribution in [1.82, 2.24) is 9.78 Å². The topological polar surface area (TPSA) is 70.4 Å². The standard InChI is InChI=1S/C15H15ClN2O4/c1-10-13(15(20)22-9-12(19)21-2)14(16)18(17-10)8-11-6-4-3-5-7-11/h3-7H,8-9H2,1-2H3. The molecule has 0 radical (unpaired) electrons. The van der Waals surface area contributed by atoms with Gasteiger partial charge in [-0.05, 0) is 12.5 Å². The molecule has 0 N–H and O–H groups in total. The van der Waals surface area contributed by atoms with Gasteiger partial charge in [-0.25, -0.2) is 14.3 Å². The molecule has 0 atom stereocenters. The molecule has 6 nitrogen and oxygen atoms in total. The molecule has 0 bridgehead atoms. The molecular formula is C15H15ClN2O4. The zero-order valence-corrected chi connectivity index (χ0v) is 13.0. The van der Waals surface area contributed by atoms with Crippen molar-refractivity contribution in [2.24, 2.45) is 0 Å². The second-order valence-electron chi connectivity index (χ2n) is 4.55. The molecule has 0 saturated heterocycles. The lowest BCUT2D eigenvalue weighted by Gasteiger charge is -2.04. The van der Waals surface area contributed by atoms with Gasteiger partial charge in [-0.15, -0.1) is 0 Å². The molecule has 0 spiro atoms. The highest BCUT2D eigenvalue weighted by molar-refractivity contribution is 6.32. The Hall–Kier alpha value is -2.34. The molecule has 0 aliphatic carbocycles. The van der Waals surface area contributed by atoms with Crippen molar-refractivity contribution in [1.29, 1.82) is 0 Å². The summed E-state index contributed by atoms with van der Waals surface area (Å²) >= 11 is 6.21. The van der Waals surface area contributed by atoms with E-state index in [0.29, 0.717) is 12.2 Å². The molecule has 0 aliphatic heterocycles. The molecule has 1 heterocycles. The van der Waals surface area contributed by atoms with Gasteiger partial charge >= 0.3 is 11.9 Å². The number of carbonyl (C=O) groups is 2. The normalized spacial score (nSPS) is 10.3. The number of carbonyl (C=O) groups excluding carboxylic acids is 2. The summed E-state index contributed by atoms with van der Waals surface area (Å²) in [6.07, 6.45) is 0. The Bertz CT molecular complexity index is 682. The lowest BCUT2D eigenvalue weighted by Crippen LogP contribution is -2.15. The summed E-state index contributed by atoms with van der Waals surface area (Å²) in [6, 6.07) is 9.59. The number of halogens is 1. The zero-order valence-electron chi connectivity index (χ0n) is 12.2. The molecule has 7 heteroatoms. The fraction of sp³-hybridized carbons (Fsp3) is 0.267. The SMILES string of the molecule is COC(=O)COC(=O)c1c(C)nn(Cc2ccccc2)c1Cl. The first-order valence-corrected chi connectivity index (χ1v) is 6.91. The highest BCUT2D eigenvalue weighted by Gasteiger charge is 2.22. The maximum Gasteiger partial charge on any atom is 0.344 e. The van der Waals surface area contributed by atoms with E-state index in [1.54, 1.807) is 6.92 Å². The van der Waals surface area contributed by atoms with Gasteiger partial charge in [-0.1, -0.05) is 41.9 Å². The molecule has 116 valence electrons. The second-order valence-corrected chi connectivity index (χ2v) is 4.90. The van der Waals surface area contributed by atoms with Gasteiger partial charge < -0.3 is 9.47 Å². The maximum atomic E-state index is 12.0. The second kappa shape index (κ2) is 7.09. The minimum Gasteiger partial charge on any atom is -0.466 e. The van der Waals surface area contributed by atoms with E-state index in [0.717, 1.165) is 5.56 Å². The predicted octanol–water partition coefficient (Wildman–Crippen LogP) is 2.22. The fourth-order valence-electron chi connectivity index (χ4n) is 1.90. The Morgan fingerprint density at radius 2 is 1.95 bits per heavy atom. The van der Waals surface area contributed by atoms with E-state index >= 15 is 0 Å². The number of rotatable bonds is 5. The third-order valence-electron chi connectivity index (χ3n) is 2.99. The number of hydrogen-bond donors (Lipinski definition) is 0. The lowest BCUT2D eigenvalue weighted by atomic mass is 10.2. The number of benzene rings is 1. The van der Waals surface area contributed by atoms with Gasteiger partial charge in [0.1, 0.15) is 10.7 Å². The van der Waals surface area contributed by atoms with Crippen LogP contribution in [0.4, 0.5) is 0 Å². The van der Waals surface area contributed by atoms with Crippen LogP contribution in [0.15, 0.2) is 30.3 Å². The molecule has 0 unspecified atom stereocenters. The summed E-state index contributed by atoms with van der Waals surface area (Å²) in [5, 5.41) is 4.42. The molecular weight excluding hydrogens is 308 g/mol. The number of ether oxygens (including phenoxy) is 2. The van der Waals surface area contributed by atoms with Crippen LogP contribution in [-0.4, -0.2) is 35.4 Å². The molecule has 22 heavy (non-hydrogen) atoms. The van der Waals surface area contributed by atoms with Crippen LogP contribution in [0, 0.1) is 6.92 Å². The Labute approximate surface area is 132 Å². The number of aryl methyl sites for hydroxylation is 1. The maximum absolute atomic E-state index is 12.0. The van der Waals surface area contributed by atoms with Crippen LogP contribution in [-0.2, 0) is 20.8 Å². The molecule has 0 fully saturated rings. The summed E-state index contributed by atoms with van der Waals surface area (Å²) in [7, 11) is 1.21. The largest absolute Gasteiger partial charge is 0.466 e. The lowest BCUT2D eigenvalue weighted by molar-refractivity contribution is -0.144. The smallest absolute Gasteiger partial charge is 0.344 e. The molecule has 0 saturated carbocycles. The minimum atomic E-state index is -0.702. The molecule has 0 amide bonds. The Balaban J connectivity index is 2.16. The average molecular weight is 323 g/mol. The van der Waals surface area contributed by atoms with Crippen LogP contribution < -0.4 is 0 Å². The van der Waals surface area contributed by atoms with E-state index in [9.17, 15) is 9.59 Å². The third-order valence-corrected chi connectivity index (χ3v) is 3.38. The first kappa shape index (κ1) is 16.0. The van der Waals surface area contributed by atoms with E-state index in [-0.39, 0.29) is 10.7 Å². The molecule has 0 aliphatic rings. The first-order chi connectivity index (χ1) is 10.5. The number of hydrogen-bond acceptors (Lipinski definition) is 5. The van der Waals surface area contributed by atoms with E-state index in [1.807, 2.05) is 30.3 Å². The van der Waals surface area contributed by atoms with Crippen LogP contribution >= 0.6 is 11.6 Å². The summed E-state index contributed by atoms with van der Waals surface area (Å²) in [5.74, 6) is -1.34. The Morgan fingerprint density at radius 1 is 1.27 bits per heavy atom. The van der Waals surface area contributed by atoms with E-state index in [1.165, 1.54) is 11.8 Å². The average Bonchev–Trinajstić information content (AvgIpc) is 2.79. The van der Waals surface area contributed by atoms with Crippen LogP contribution in [0.2, 0.25) is 5.15 Å². The van der Waals surface area contributed by atoms with Crippen molar-refractivity contribution >= 4 is 23.5 Å². The molecule has 1 aromatic heterocycles. The van der Waals surface area contributed by atoms with Crippen LogP contribution in [0.1, 0.15) is 21.6 Å².